The summed E-state index contributed by atoms with van der Waals surface area (Å²) in [4.78, 5) is 43.3. The van der Waals surface area contributed by atoms with Gasteiger partial charge in [0.1, 0.15) is 5.82 Å². The fraction of sp³-hybridized carbons (Fsp3) is 0.222. The van der Waals surface area contributed by atoms with Crippen LogP contribution in [0.3, 0.4) is 0 Å². The Labute approximate surface area is 233 Å². The molecule has 1 N–H and O–H groups in total. The van der Waals surface area contributed by atoms with Crippen LogP contribution in [0.15, 0.2) is 48.7 Å². The molecule has 0 aliphatic carbocycles. The van der Waals surface area contributed by atoms with Gasteiger partial charge >= 0.3 is 6.01 Å². The molecule has 4 aromatic rings. The second-order valence-corrected chi connectivity index (χ2v) is 10.2. The van der Waals surface area contributed by atoms with Gasteiger partial charge in [-0.05, 0) is 44.2 Å². The van der Waals surface area contributed by atoms with Crippen LogP contribution in [0, 0.1) is 0 Å². The van der Waals surface area contributed by atoms with Gasteiger partial charge in [-0.1, -0.05) is 35.3 Å². The number of fused-ring (bicyclic) bond motifs is 4. The molecule has 0 saturated carbocycles. The number of ether oxygens (including phenoxy) is 2. The van der Waals surface area contributed by atoms with Crippen LogP contribution in [0.25, 0.3) is 11.4 Å². The zero-order valence-corrected chi connectivity index (χ0v) is 22.8. The van der Waals surface area contributed by atoms with E-state index in [2.05, 4.69) is 15.3 Å². The van der Waals surface area contributed by atoms with Gasteiger partial charge < -0.3 is 19.4 Å². The van der Waals surface area contributed by atoms with Crippen LogP contribution in [-0.2, 0) is 10.3 Å². The van der Waals surface area contributed by atoms with E-state index < -0.39 is 17.4 Å². The second kappa shape index (κ2) is 8.96. The number of hydrogen-bond donors (Lipinski definition) is 1. The van der Waals surface area contributed by atoms with Crippen molar-refractivity contribution in [1.29, 1.82) is 0 Å². The molecule has 0 saturated heterocycles. The van der Waals surface area contributed by atoms with Crippen LogP contribution < -0.4 is 19.7 Å². The molecular formula is C27H22Cl2N6O4. The molecule has 2 aromatic heterocycles. The number of methoxy groups -OCH3 is 2. The van der Waals surface area contributed by atoms with Crippen LogP contribution in [0.4, 0.5) is 11.4 Å². The first-order valence-corrected chi connectivity index (χ1v) is 12.8. The Morgan fingerprint density at radius 2 is 1.77 bits per heavy atom. The number of aromatic nitrogens is 4. The van der Waals surface area contributed by atoms with Gasteiger partial charge in [0.05, 0.1) is 25.5 Å². The molecule has 0 radical (unpaired) electrons. The average molecular weight is 565 g/mol. The third-order valence-electron chi connectivity index (χ3n) is 6.87. The Hall–Kier alpha value is -4.15. The maximum Gasteiger partial charge on any atom is 0.319 e. The molecule has 1 atom stereocenters. The first kappa shape index (κ1) is 25.1. The quantitative estimate of drug-likeness (QED) is 0.358. The van der Waals surface area contributed by atoms with Crippen LogP contribution in [0.2, 0.25) is 10.0 Å². The number of carbonyl (C=O) groups is 2. The number of amides is 2. The molecule has 0 bridgehead atoms. The average Bonchev–Trinajstić information content (AvgIpc) is 3.52. The van der Waals surface area contributed by atoms with Gasteiger partial charge in [0.2, 0.25) is 5.88 Å². The molecule has 6 rings (SSSR count). The zero-order valence-electron chi connectivity index (χ0n) is 21.3. The highest BCUT2D eigenvalue weighted by Gasteiger charge is 2.64. The van der Waals surface area contributed by atoms with Crippen molar-refractivity contribution in [1.82, 2.24) is 19.5 Å². The van der Waals surface area contributed by atoms with Crippen LogP contribution in [0.5, 0.6) is 11.9 Å². The van der Waals surface area contributed by atoms with Crippen molar-refractivity contribution < 1.29 is 19.1 Å². The first-order chi connectivity index (χ1) is 18.7. The number of hydrogen-bond acceptors (Lipinski definition) is 7. The standard InChI is InChI=1S/C27H22Cl2N6O4/c1-13(2)34-21-20(32-22(34)17-12-30-26(39-4)33-23(17)38-3)24(36)35(16-7-5-6-14(28)10-16)27(21)18-9-8-15(29)11-19(18)31-25(27)37/h5-13H,1-4H3,(H,31,37). The summed E-state index contributed by atoms with van der Waals surface area (Å²) in [6.07, 6.45) is 1.52. The molecular weight excluding hydrogens is 543 g/mol. The van der Waals surface area contributed by atoms with E-state index in [4.69, 9.17) is 37.7 Å². The molecule has 1 spiro atoms. The molecule has 4 heterocycles. The lowest BCUT2D eigenvalue weighted by Crippen LogP contribution is -2.51. The molecule has 2 aliphatic rings. The number of benzene rings is 2. The lowest BCUT2D eigenvalue weighted by molar-refractivity contribution is -0.119. The highest BCUT2D eigenvalue weighted by Crippen LogP contribution is 2.54. The minimum Gasteiger partial charge on any atom is -0.480 e. The number of halogens is 2. The number of nitrogens with zero attached hydrogens (tertiary/aromatic N) is 5. The van der Waals surface area contributed by atoms with Crippen molar-refractivity contribution in [2.75, 3.05) is 24.4 Å². The number of nitrogens with one attached hydrogen (secondary N) is 1. The monoisotopic (exact) mass is 564 g/mol. The smallest absolute Gasteiger partial charge is 0.319 e. The van der Waals surface area contributed by atoms with E-state index in [0.717, 1.165) is 0 Å². The molecule has 39 heavy (non-hydrogen) atoms. The second-order valence-electron chi connectivity index (χ2n) is 9.35. The third kappa shape index (κ3) is 3.44. The van der Waals surface area contributed by atoms with Crippen LogP contribution in [0.1, 0.15) is 41.6 Å². The summed E-state index contributed by atoms with van der Waals surface area (Å²) in [5.41, 5.74) is 0.897. The van der Waals surface area contributed by atoms with E-state index in [1.807, 2.05) is 18.4 Å². The van der Waals surface area contributed by atoms with Gasteiger partial charge in [-0.25, -0.2) is 9.97 Å². The Morgan fingerprint density at radius 3 is 2.46 bits per heavy atom. The summed E-state index contributed by atoms with van der Waals surface area (Å²) in [5.74, 6) is -0.288. The third-order valence-corrected chi connectivity index (χ3v) is 7.34. The van der Waals surface area contributed by atoms with Crippen molar-refractivity contribution >= 4 is 46.4 Å². The highest BCUT2D eigenvalue weighted by molar-refractivity contribution is 6.32. The van der Waals surface area contributed by atoms with Crippen molar-refractivity contribution in [3.63, 3.8) is 0 Å². The van der Waals surface area contributed by atoms with E-state index >= 15 is 0 Å². The fourth-order valence-corrected chi connectivity index (χ4v) is 5.75. The minimum atomic E-state index is -1.59. The van der Waals surface area contributed by atoms with Gasteiger partial charge in [-0.2, -0.15) is 4.98 Å². The largest absolute Gasteiger partial charge is 0.480 e. The highest BCUT2D eigenvalue weighted by atomic mass is 35.5. The van der Waals surface area contributed by atoms with E-state index in [1.54, 1.807) is 42.5 Å². The summed E-state index contributed by atoms with van der Waals surface area (Å²) in [6, 6.07) is 11.8. The van der Waals surface area contributed by atoms with Gasteiger partial charge in [-0.3, -0.25) is 14.5 Å². The van der Waals surface area contributed by atoms with Crippen LogP contribution in [-0.4, -0.2) is 45.6 Å². The lowest BCUT2D eigenvalue weighted by Gasteiger charge is -2.35. The van der Waals surface area contributed by atoms with Crippen molar-refractivity contribution in [2.45, 2.75) is 25.4 Å². The van der Waals surface area contributed by atoms with Gasteiger partial charge in [0.15, 0.2) is 11.2 Å². The Kier molecular flexibility index (Phi) is 5.78. The first-order valence-electron chi connectivity index (χ1n) is 12.0. The van der Waals surface area contributed by atoms with Crippen molar-refractivity contribution in [2.24, 2.45) is 0 Å². The predicted octanol–water partition coefficient (Wildman–Crippen LogP) is 5.10. The Bertz CT molecular complexity index is 1690. The van der Waals surface area contributed by atoms with E-state index in [0.29, 0.717) is 44.1 Å². The van der Waals surface area contributed by atoms with Crippen molar-refractivity contribution in [3.05, 3.63) is 75.7 Å². The number of rotatable bonds is 5. The maximum absolute atomic E-state index is 14.3. The fourth-order valence-electron chi connectivity index (χ4n) is 5.40. The van der Waals surface area contributed by atoms with E-state index in [9.17, 15) is 9.59 Å². The summed E-state index contributed by atoms with van der Waals surface area (Å²) in [7, 11) is 2.92. The summed E-state index contributed by atoms with van der Waals surface area (Å²) in [6.45, 7) is 3.89. The maximum atomic E-state index is 14.3. The molecule has 12 heteroatoms. The van der Waals surface area contributed by atoms with Gasteiger partial charge in [0, 0.05) is 39.2 Å². The number of carbonyl (C=O) groups excluding carboxylic acids is 2. The Morgan fingerprint density at radius 1 is 1.00 bits per heavy atom. The molecule has 0 fully saturated rings. The number of anilines is 2. The number of imidazole rings is 1. The summed E-state index contributed by atoms with van der Waals surface area (Å²) >= 11 is 12.6. The molecule has 10 nitrogen and oxygen atoms in total. The molecule has 198 valence electrons. The normalized spacial score (nSPS) is 17.6. The molecule has 2 aromatic carbocycles. The SMILES string of the molecule is COc1ncc(-c2nc3c(n2C(C)C)C2(C(=O)Nc4cc(Cl)ccc42)N(c2cccc(Cl)c2)C3=O)c(OC)n1. The molecule has 2 aliphatic heterocycles. The predicted molar refractivity (Wildman–Crippen MR) is 146 cm³/mol. The van der Waals surface area contributed by atoms with E-state index in [-0.39, 0.29) is 23.6 Å². The van der Waals surface area contributed by atoms with Crippen LogP contribution >= 0.6 is 23.2 Å². The minimum absolute atomic E-state index is 0.117. The molecule has 2 amide bonds. The van der Waals surface area contributed by atoms with Crippen molar-refractivity contribution in [3.8, 4) is 23.3 Å². The van der Waals surface area contributed by atoms with E-state index in [1.165, 1.54) is 25.3 Å². The molecule has 1 unspecified atom stereocenters. The summed E-state index contributed by atoms with van der Waals surface area (Å²) < 4.78 is 12.5. The lowest BCUT2D eigenvalue weighted by atomic mass is 9.87. The van der Waals surface area contributed by atoms with Gasteiger partial charge in [-0.15, -0.1) is 0 Å². The summed E-state index contributed by atoms with van der Waals surface area (Å²) in [5, 5.41) is 3.81. The van der Waals surface area contributed by atoms with Gasteiger partial charge in [0.25, 0.3) is 11.8 Å². The Balaban J connectivity index is 1.71. The zero-order chi connectivity index (χ0) is 27.6. The topological polar surface area (TPSA) is 111 Å².